The topological polar surface area (TPSA) is 37.3 Å². The Morgan fingerprint density at radius 1 is 1.04 bits per heavy atom. The van der Waals surface area contributed by atoms with Crippen molar-refractivity contribution in [2.45, 2.75) is 77.6 Å². The Morgan fingerprint density at radius 3 is 2.08 bits per heavy atom. The summed E-state index contributed by atoms with van der Waals surface area (Å²) >= 11 is 0. The zero-order valence-electron chi connectivity index (χ0n) is 15.4. The van der Waals surface area contributed by atoms with Crippen LogP contribution in [0.2, 0.25) is 0 Å². The third-order valence-corrected chi connectivity index (χ3v) is 6.37. The lowest BCUT2D eigenvalue weighted by molar-refractivity contribution is -0.137. The minimum Gasteiger partial charge on any atom is -0.481 e. The maximum atomic E-state index is 11.1. The van der Waals surface area contributed by atoms with Gasteiger partial charge in [0.2, 0.25) is 0 Å². The molecule has 0 radical (unpaired) electrons. The number of carboxylic acid groups (broad SMARTS) is 1. The summed E-state index contributed by atoms with van der Waals surface area (Å²) in [7, 11) is 0. The average Bonchev–Trinajstić information content (AvgIpc) is 3.37. The number of rotatable bonds is 5. The van der Waals surface area contributed by atoms with Gasteiger partial charge >= 0.3 is 5.97 Å². The summed E-state index contributed by atoms with van der Waals surface area (Å²) in [5, 5.41) is 9.17. The summed E-state index contributed by atoms with van der Waals surface area (Å²) in [5.41, 5.74) is 3.12. The highest BCUT2D eigenvalue weighted by Crippen LogP contribution is 2.46. The fourth-order valence-corrected chi connectivity index (χ4v) is 4.55. The van der Waals surface area contributed by atoms with Crippen LogP contribution in [0, 0.1) is 17.3 Å². The Labute approximate surface area is 146 Å². The van der Waals surface area contributed by atoms with E-state index in [0.717, 1.165) is 5.92 Å². The number of carbonyl (C=O) groups is 1. The van der Waals surface area contributed by atoms with Crippen molar-refractivity contribution in [2.75, 3.05) is 0 Å². The maximum absolute atomic E-state index is 11.1. The van der Waals surface area contributed by atoms with Crippen LogP contribution >= 0.6 is 0 Å². The monoisotopic (exact) mass is 328 g/mol. The van der Waals surface area contributed by atoms with Crippen molar-refractivity contribution in [3.05, 3.63) is 35.4 Å². The SMILES string of the molecule is CC(C)(C)C1CCC(c2ccc(C(CC(=O)O)C3CC3)cc2)CC1. The molecule has 1 unspecified atom stereocenters. The molecule has 0 saturated heterocycles. The van der Waals surface area contributed by atoms with Crippen LogP contribution in [0.1, 0.15) is 88.7 Å². The lowest BCUT2D eigenvalue weighted by atomic mass is 9.68. The molecule has 2 fully saturated rings. The minimum absolute atomic E-state index is 0.216. The van der Waals surface area contributed by atoms with Gasteiger partial charge in [-0.15, -0.1) is 0 Å². The molecule has 0 aliphatic heterocycles. The predicted octanol–water partition coefficient (Wildman–Crippen LogP) is 5.97. The van der Waals surface area contributed by atoms with Gasteiger partial charge in [0.05, 0.1) is 6.42 Å². The summed E-state index contributed by atoms with van der Waals surface area (Å²) < 4.78 is 0. The van der Waals surface area contributed by atoms with Gasteiger partial charge in [0, 0.05) is 0 Å². The van der Waals surface area contributed by atoms with Crippen LogP contribution in [0.15, 0.2) is 24.3 Å². The third kappa shape index (κ3) is 4.20. The summed E-state index contributed by atoms with van der Waals surface area (Å²) in [6.07, 6.45) is 7.91. The van der Waals surface area contributed by atoms with Crippen molar-refractivity contribution in [1.82, 2.24) is 0 Å². The highest BCUT2D eigenvalue weighted by molar-refractivity contribution is 5.68. The van der Waals surface area contributed by atoms with Crippen molar-refractivity contribution in [3.63, 3.8) is 0 Å². The van der Waals surface area contributed by atoms with Crippen molar-refractivity contribution < 1.29 is 9.90 Å². The van der Waals surface area contributed by atoms with Crippen LogP contribution in [0.4, 0.5) is 0 Å². The third-order valence-electron chi connectivity index (χ3n) is 6.37. The van der Waals surface area contributed by atoms with Crippen LogP contribution in [0.5, 0.6) is 0 Å². The van der Waals surface area contributed by atoms with Crippen LogP contribution in [0.3, 0.4) is 0 Å². The Bertz CT molecular complexity index is 555. The van der Waals surface area contributed by atoms with Gasteiger partial charge < -0.3 is 5.11 Å². The Hall–Kier alpha value is -1.31. The molecule has 2 heteroatoms. The molecule has 1 aromatic carbocycles. The maximum Gasteiger partial charge on any atom is 0.303 e. The smallest absolute Gasteiger partial charge is 0.303 e. The normalized spacial score (nSPS) is 26.1. The first-order valence-corrected chi connectivity index (χ1v) is 9.66. The van der Waals surface area contributed by atoms with Crippen LogP contribution in [-0.2, 0) is 4.79 Å². The van der Waals surface area contributed by atoms with Gasteiger partial charge in [-0.05, 0) is 78.7 Å². The predicted molar refractivity (Wildman–Crippen MR) is 98.3 cm³/mol. The number of carboxylic acids is 1. The van der Waals surface area contributed by atoms with E-state index in [4.69, 9.17) is 0 Å². The molecule has 24 heavy (non-hydrogen) atoms. The standard InChI is InChI=1S/C22H32O2/c1-22(2,3)19-12-10-16(11-13-19)15-4-6-17(7-5-15)20(14-21(23)24)18-8-9-18/h4-7,16,18-20H,8-14H2,1-3H3,(H,23,24). The van der Waals surface area contributed by atoms with Gasteiger partial charge in [0.15, 0.2) is 0 Å². The second-order valence-corrected chi connectivity index (χ2v) is 9.12. The van der Waals surface area contributed by atoms with Crippen molar-refractivity contribution in [2.24, 2.45) is 17.3 Å². The van der Waals surface area contributed by atoms with E-state index in [2.05, 4.69) is 45.0 Å². The lowest BCUT2D eigenvalue weighted by Gasteiger charge is -2.37. The van der Waals surface area contributed by atoms with Crippen molar-refractivity contribution in [3.8, 4) is 0 Å². The molecule has 2 saturated carbocycles. The molecule has 0 spiro atoms. The Morgan fingerprint density at radius 2 is 1.62 bits per heavy atom. The average molecular weight is 328 g/mol. The summed E-state index contributed by atoms with van der Waals surface area (Å²) in [5.74, 6) is 1.68. The molecule has 2 aliphatic rings. The van der Waals surface area contributed by atoms with Gasteiger partial charge in [-0.2, -0.15) is 0 Å². The second-order valence-electron chi connectivity index (χ2n) is 9.12. The van der Waals surface area contributed by atoms with Gasteiger partial charge in [0.25, 0.3) is 0 Å². The van der Waals surface area contributed by atoms with Gasteiger partial charge in [-0.1, -0.05) is 45.0 Å². The zero-order chi connectivity index (χ0) is 17.3. The molecule has 1 N–H and O–H groups in total. The van der Waals surface area contributed by atoms with E-state index in [1.165, 1.54) is 49.7 Å². The minimum atomic E-state index is -0.670. The molecular weight excluding hydrogens is 296 g/mol. The fraction of sp³-hybridized carbons (Fsp3) is 0.682. The first kappa shape index (κ1) is 17.5. The quantitative estimate of drug-likeness (QED) is 0.722. The van der Waals surface area contributed by atoms with Gasteiger partial charge in [-0.3, -0.25) is 4.79 Å². The molecule has 0 bridgehead atoms. The van der Waals surface area contributed by atoms with E-state index >= 15 is 0 Å². The van der Waals surface area contributed by atoms with E-state index in [1.54, 1.807) is 0 Å². The van der Waals surface area contributed by atoms with Crippen LogP contribution < -0.4 is 0 Å². The van der Waals surface area contributed by atoms with Gasteiger partial charge in [0.1, 0.15) is 0 Å². The molecule has 0 amide bonds. The Balaban J connectivity index is 1.63. The first-order chi connectivity index (χ1) is 11.3. The zero-order valence-corrected chi connectivity index (χ0v) is 15.4. The fourth-order valence-electron chi connectivity index (χ4n) is 4.55. The molecule has 1 aromatic rings. The summed E-state index contributed by atoms with van der Waals surface area (Å²) in [6.45, 7) is 7.10. The number of hydrogen-bond donors (Lipinski definition) is 1. The number of hydrogen-bond acceptors (Lipinski definition) is 1. The van der Waals surface area contributed by atoms with E-state index < -0.39 is 5.97 Å². The number of benzene rings is 1. The van der Waals surface area contributed by atoms with Crippen LogP contribution in [-0.4, -0.2) is 11.1 Å². The summed E-state index contributed by atoms with van der Waals surface area (Å²) in [6, 6.07) is 8.96. The molecule has 2 aliphatic carbocycles. The lowest BCUT2D eigenvalue weighted by Crippen LogP contribution is -2.25. The molecule has 3 rings (SSSR count). The highest BCUT2D eigenvalue weighted by Gasteiger charge is 2.34. The largest absolute Gasteiger partial charge is 0.481 e. The molecule has 0 heterocycles. The summed E-state index contributed by atoms with van der Waals surface area (Å²) in [4.78, 5) is 11.1. The number of aliphatic carboxylic acids is 1. The highest BCUT2D eigenvalue weighted by atomic mass is 16.4. The first-order valence-electron chi connectivity index (χ1n) is 9.66. The van der Waals surface area contributed by atoms with Crippen molar-refractivity contribution in [1.29, 1.82) is 0 Å². The van der Waals surface area contributed by atoms with Crippen LogP contribution in [0.25, 0.3) is 0 Å². The second kappa shape index (κ2) is 6.90. The molecular formula is C22H32O2. The molecule has 132 valence electrons. The van der Waals surface area contributed by atoms with Gasteiger partial charge in [-0.25, -0.2) is 0 Å². The van der Waals surface area contributed by atoms with E-state index in [9.17, 15) is 9.90 Å². The van der Waals surface area contributed by atoms with E-state index in [-0.39, 0.29) is 12.3 Å². The van der Waals surface area contributed by atoms with E-state index in [0.29, 0.717) is 17.3 Å². The molecule has 2 nitrogen and oxygen atoms in total. The molecule has 1 atom stereocenters. The van der Waals surface area contributed by atoms with E-state index in [1.807, 2.05) is 0 Å². The Kier molecular flexibility index (Phi) is 5.03. The molecule has 0 aromatic heterocycles. The van der Waals surface area contributed by atoms with Crippen molar-refractivity contribution >= 4 is 5.97 Å².